The van der Waals surface area contributed by atoms with Crippen molar-refractivity contribution in [1.82, 2.24) is 9.21 Å². The molecule has 24 heavy (non-hydrogen) atoms. The van der Waals surface area contributed by atoms with Gasteiger partial charge in [0.1, 0.15) is 6.04 Å². The van der Waals surface area contributed by atoms with Gasteiger partial charge >= 0.3 is 0 Å². The molecule has 7 heteroatoms. The second-order valence-electron chi connectivity index (χ2n) is 6.30. The van der Waals surface area contributed by atoms with Crippen molar-refractivity contribution in [2.75, 3.05) is 19.6 Å². The van der Waals surface area contributed by atoms with Crippen LogP contribution in [0, 0.1) is 11.3 Å². The Morgan fingerprint density at radius 1 is 1.04 bits per heavy atom. The Balaban J connectivity index is 1.88. The lowest BCUT2D eigenvalue weighted by atomic mass is 10.0. The third-order valence-electron chi connectivity index (χ3n) is 4.75. The molecular weight excluding hydrogens is 326 g/mol. The molecule has 3 rings (SSSR count). The number of carbonyl (C=O) groups excluding carboxylic acids is 1. The Hall–Kier alpha value is -1.91. The maximum Gasteiger partial charge on any atom is 0.243 e. The van der Waals surface area contributed by atoms with E-state index >= 15 is 0 Å². The first-order valence-electron chi connectivity index (χ1n) is 8.35. The Bertz CT molecular complexity index is 746. The van der Waals surface area contributed by atoms with Crippen LogP contribution in [0.1, 0.15) is 37.7 Å². The molecule has 2 fully saturated rings. The first-order valence-corrected chi connectivity index (χ1v) is 9.79. The fourth-order valence-corrected chi connectivity index (χ4v) is 5.08. The summed E-state index contributed by atoms with van der Waals surface area (Å²) in [5, 5.41) is 8.86. The zero-order valence-corrected chi connectivity index (χ0v) is 14.3. The van der Waals surface area contributed by atoms with Gasteiger partial charge in [-0.25, -0.2) is 8.42 Å². The molecule has 2 saturated heterocycles. The summed E-state index contributed by atoms with van der Waals surface area (Å²) in [6, 6.07) is 7.26. The van der Waals surface area contributed by atoms with E-state index in [1.165, 1.54) is 28.6 Å². The zero-order chi connectivity index (χ0) is 17.2. The molecule has 0 bridgehead atoms. The van der Waals surface area contributed by atoms with Crippen LogP contribution in [-0.2, 0) is 14.8 Å². The van der Waals surface area contributed by atoms with Gasteiger partial charge in [0, 0.05) is 19.6 Å². The largest absolute Gasteiger partial charge is 0.341 e. The summed E-state index contributed by atoms with van der Waals surface area (Å²) in [6.45, 7) is 1.81. The number of likely N-dealkylation sites (tertiary alicyclic amines) is 1. The highest BCUT2D eigenvalue weighted by atomic mass is 32.2. The number of sulfonamides is 1. The minimum atomic E-state index is -3.73. The van der Waals surface area contributed by atoms with Gasteiger partial charge in [-0.1, -0.05) is 6.42 Å². The number of nitrogens with zero attached hydrogens (tertiary/aromatic N) is 3. The third kappa shape index (κ3) is 3.17. The summed E-state index contributed by atoms with van der Waals surface area (Å²) in [7, 11) is -3.73. The summed E-state index contributed by atoms with van der Waals surface area (Å²) < 4.78 is 27.3. The molecule has 1 aromatic rings. The summed E-state index contributed by atoms with van der Waals surface area (Å²) >= 11 is 0. The molecule has 0 saturated carbocycles. The van der Waals surface area contributed by atoms with E-state index in [1.54, 1.807) is 4.90 Å². The molecular formula is C17H21N3O3S. The van der Waals surface area contributed by atoms with Gasteiger partial charge in [0.25, 0.3) is 0 Å². The van der Waals surface area contributed by atoms with Crippen molar-refractivity contribution in [3.63, 3.8) is 0 Å². The average Bonchev–Trinajstić information content (AvgIpc) is 3.16. The van der Waals surface area contributed by atoms with E-state index in [2.05, 4.69) is 0 Å². The predicted octanol–water partition coefficient (Wildman–Crippen LogP) is 1.72. The Morgan fingerprint density at radius 3 is 2.29 bits per heavy atom. The van der Waals surface area contributed by atoms with Crippen molar-refractivity contribution in [3.8, 4) is 6.07 Å². The molecule has 128 valence electrons. The second kappa shape index (κ2) is 6.91. The molecule has 2 aliphatic rings. The van der Waals surface area contributed by atoms with Crippen molar-refractivity contribution in [3.05, 3.63) is 29.8 Å². The summed E-state index contributed by atoms with van der Waals surface area (Å²) in [6.07, 6.45) is 4.18. The van der Waals surface area contributed by atoms with Gasteiger partial charge in [-0.3, -0.25) is 4.79 Å². The lowest BCUT2D eigenvalue weighted by Crippen LogP contribution is -2.52. The number of rotatable bonds is 3. The van der Waals surface area contributed by atoms with Gasteiger partial charge < -0.3 is 4.90 Å². The van der Waals surface area contributed by atoms with E-state index in [-0.39, 0.29) is 10.8 Å². The van der Waals surface area contributed by atoms with Crippen molar-refractivity contribution >= 4 is 15.9 Å². The van der Waals surface area contributed by atoms with Crippen LogP contribution in [0.5, 0.6) is 0 Å². The minimum absolute atomic E-state index is 0.0654. The maximum absolute atomic E-state index is 13.0. The zero-order valence-electron chi connectivity index (χ0n) is 13.5. The second-order valence-corrected chi connectivity index (χ2v) is 8.19. The summed E-state index contributed by atoms with van der Waals surface area (Å²) in [5.74, 6) is -0.0654. The van der Waals surface area contributed by atoms with E-state index in [0.717, 1.165) is 38.8 Å². The molecule has 2 aliphatic heterocycles. The first-order chi connectivity index (χ1) is 11.5. The van der Waals surface area contributed by atoms with E-state index in [9.17, 15) is 13.2 Å². The van der Waals surface area contributed by atoms with Crippen LogP contribution in [0.25, 0.3) is 0 Å². The Labute approximate surface area is 142 Å². The van der Waals surface area contributed by atoms with Crippen LogP contribution in [0.4, 0.5) is 0 Å². The fraction of sp³-hybridized carbons (Fsp3) is 0.529. The lowest BCUT2D eigenvalue weighted by Gasteiger charge is -2.35. The standard InChI is InChI=1S/C17H21N3O3S/c18-13-14-6-8-15(9-7-14)24(22,23)20-12-2-1-5-16(20)17(21)19-10-3-4-11-19/h6-9,16H,1-5,10-12H2/t16-/m0/s1. The normalized spacial score (nSPS) is 22.3. The molecule has 1 atom stereocenters. The molecule has 0 spiro atoms. The van der Waals surface area contributed by atoms with Crippen LogP contribution in [0.15, 0.2) is 29.2 Å². The molecule has 0 radical (unpaired) electrons. The molecule has 6 nitrogen and oxygen atoms in total. The van der Waals surface area contributed by atoms with Crippen LogP contribution in [0.2, 0.25) is 0 Å². The highest BCUT2D eigenvalue weighted by molar-refractivity contribution is 7.89. The summed E-state index contributed by atoms with van der Waals surface area (Å²) in [5.41, 5.74) is 0.414. The highest BCUT2D eigenvalue weighted by Gasteiger charge is 2.39. The van der Waals surface area contributed by atoms with Crippen molar-refractivity contribution in [2.45, 2.75) is 43.0 Å². The number of hydrogen-bond acceptors (Lipinski definition) is 4. The van der Waals surface area contributed by atoms with Gasteiger partial charge in [-0.2, -0.15) is 9.57 Å². The van der Waals surface area contributed by atoms with Crippen LogP contribution in [-0.4, -0.2) is 49.2 Å². The van der Waals surface area contributed by atoms with Gasteiger partial charge in [0.2, 0.25) is 15.9 Å². The van der Waals surface area contributed by atoms with Crippen LogP contribution in [0.3, 0.4) is 0 Å². The van der Waals surface area contributed by atoms with Crippen molar-refractivity contribution in [2.24, 2.45) is 0 Å². The molecule has 1 amide bonds. The quantitative estimate of drug-likeness (QED) is 0.834. The molecule has 0 aromatic heterocycles. The number of nitriles is 1. The average molecular weight is 347 g/mol. The summed E-state index contributed by atoms with van der Waals surface area (Å²) in [4.78, 5) is 14.7. The van der Waals surface area contributed by atoms with E-state index < -0.39 is 16.1 Å². The molecule has 2 heterocycles. The molecule has 0 unspecified atom stereocenters. The van der Waals surface area contributed by atoms with Gasteiger partial charge in [-0.15, -0.1) is 0 Å². The lowest BCUT2D eigenvalue weighted by molar-refractivity contribution is -0.135. The predicted molar refractivity (Wildman–Crippen MR) is 88.5 cm³/mol. The number of benzene rings is 1. The Kier molecular flexibility index (Phi) is 4.88. The first kappa shape index (κ1) is 16.9. The maximum atomic E-state index is 13.0. The molecule has 0 N–H and O–H groups in total. The smallest absolute Gasteiger partial charge is 0.243 e. The Morgan fingerprint density at radius 2 is 1.67 bits per heavy atom. The number of amides is 1. The van der Waals surface area contributed by atoms with Crippen molar-refractivity contribution in [1.29, 1.82) is 5.26 Å². The number of hydrogen-bond donors (Lipinski definition) is 0. The number of piperidine rings is 1. The SMILES string of the molecule is N#Cc1ccc(S(=O)(=O)N2CCCC[C@H]2C(=O)N2CCCC2)cc1. The van der Waals surface area contributed by atoms with E-state index in [4.69, 9.17) is 5.26 Å². The van der Waals surface area contributed by atoms with Crippen molar-refractivity contribution < 1.29 is 13.2 Å². The third-order valence-corrected chi connectivity index (χ3v) is 6.67. The molecule has 1 aromatic carbocycles. The van der Waals surface area contributed by atoms with Crippen LogP contribution < -0.4 is 0 Å². The van der Waals surface area contributed by atoms with E-state index in [1.807, 2.05) is 6.07 Å². The highest BCUT2D eigenvalue weighted by Crippen LogP contribution is 2.27. The van der Waals surface area contributed by atoms with Gasteiger partial charge in [-0.05, 0) is 49.9 Å². The molecule has 0 aliphatic carbocycles. The minimum Gasteiger partial charge on any atom is -0.341 e. The topological polar surface area (TPSA) is 81.5 Å². The monoisotopic (exact) mass is 347 g/mol. The van der Waals surface area contributed by atoms with Gasteiger partial charge in [0.15, 0.2) is 0 Å². The fourth-order valence-electron chi connectivity index (χ4n) is 3.42. The van der Waals surface area contributed by atoms with E-state index in [0.29, 0.717) is 18.5 Å². The number of carbonyl (C=O) groups is 1. The van der Waals surface area contributed by atoms with Gasteiger partial charge in [0.05, 0.1) is 16.5 Å². The van der Waals surface area contributed by atoms with Crippen LogP contribution >= 0.6 is 0 Å².